The molecule has 5 heteroatoms. The number of allylic oxidation sites excluding steroid dienone is 1. The summed E-state index contributed by atoms with van der Waals surface area (Å²) >= 11 is 5.26. The van der Waals surface area contributed by atoms with Crippen molar-refractivity contribution in [2.45, 2.75) is 32.4 Å². The first-order chi connectivity index (χ1) is 6.76. The maximum atomic E-state index is 11.3. The number of halogens is 1. The molecule has 4 nitrogen and oxygen atoms in total. The number of esters is 1. The molecule has 2 N–H and O–H groups in total. The monoisotopic (exact) mass is 229 g/mol. The van der Waals surface area contributed by atoms with Crippen LogP contribution in [0, 0.1) is 11.8 Å². The van der Waals surface area contributed by atoms with Crippen molar-refractivity contribution in [2.24, 2.45) is 5.73 Å². The highest BCUT2D eigenvalue weighted by atomic mass is 35.5. The summed E-state index contributed by atoms with van der Waals surface area (Å²) in [6.45, 7) is 5.13. The third kappa shape index (κ3) is 6.75. The van der Waals surface area contributed by atoms with Crippen LogP contribution in [0.3, 0.4) is 0 Å². The van der Waals surface area contributed by atoms with E-state index in [4.69, 9.17) is 22.1 Å². The second-order valence-corrected chi connectivity index (χ2v) is 4.07. The number of nitrogens with two attached hydrogens (primary N) is 1. The number of hydrogen-bond donors (Lipinski definition) is 1. The van der Waals surface area contributed by atoms with Gasteiger partial charge in [0, 0.05) is 0 Å². The molecule has 0 bridgehead atoms. The van der Waals surface area contributed by atoms with Crippen molar-refractivity contribution in [2.75, 3.05) is 0 Å². The molecular formula is C10H12ClNO3. The topological polar surface area (TPSA) is 69.4 Å². The lowest BCUT2D eigenvalue weighted by Crippen LogP contribution is -2.36. The van der Waals surface area contributed by atoms with Crippen LogP contribution in [0.25, 0.3) is 0 Å². The molecule has 0 saturated heterocycles. The van der Waals surface area contributed by atoms with E-state index in [9.17, 15) is 9.59 Å². The molecule has 15 heavy (non-hydrogen) atoms. The van der Waals surface area contributed by atoms with Crippen LogP contribution >= 0.6 is 11.6 Å². The van der Waals surface area contributed by atoms with Gasteiger partial charge < -0.3 is 10.5 Å². The fourth-order valence-corrected chi connectivity index (χ4v) is 0.645. The van der Waals surface area contributed by atoms with E-state index in [1.165, 1.54) is 5.94 Å². The lowest BCUT2D eigenvalue weighted by molar-refractivity contribution is -0.154. The molecule has 0 aromatic carbocycles. The predicted octanol–water partition coefficient (Wildman–Crippen LogP) is 0.613. The minimum absolute atomic E-state index is 0.325. The summed E-state index contributed by atoms with van der Waals surface area (Å²) in [6, 6.07) is -1.12. The molecular weight excluding hydrogens is 218 g/mol. The van der Waals surface area contributed by atoms with E-state index in [-0.39, 0.29) is 5.03 Å². The summed E-state index contributed by atoms with van der Waals surface area (Å²) in [4.78, 5) is 21.2. The maximum Gasteiger partial charge on any atom is 0.336 e. The number of carbonyl (C=O) groups excluding carboxylic acids is 2. The quantitative estimate of drug-likeness (QED) is 0.406. The van der Waals surface area contributed by atoms with Gasteiger partial charge in [0.15, 0.2) is 17.0 Å². The number of rotatable bonds is 1. The molecule has 0 aliphatic carbocycles. The van der Waals surface area contributed by atoms with E-state index in [2.05, 4.69) is 11.8 Å². The predicted molar refractivity (Wildman–Crippen MR) is 56.7 cm³/mol. The zero-order chi connectivity index (χ0) is 12.1. The standard InChI is InChI=1S/C10H12ClNO3/c1-10(2,3)15-9(14)8(12)5-4-7(11)6-13/h8H,12H2,1-3H3. The highest BCUT2D eigenvalue weighted by Gasteiger charge is 2.20. The van der Waals surface area contributed by atoms with E-state index < -0.39 is 17.6 Å². The largest absolute Gasteiger partial charge is 0.458 e. The van der Waals surface area contributed by atoms with Crippen LogP contribution in [0.4, 0.5) is 0 Å². The van der Waals surface area contributed by atoms with Crippen LogP contribution in [-0.4, -0.2) is 23.6 Å². The maximum absolute atomic E-state index is 11.3. The Morgan fingerprint density at radius 3 is 2.40 bits per heavy atom. The van der Waals surface area contributed by atoms with Gasteiger partial charge in [-0.05, 0) is 26.7 Å². The van der Waals surface area contributed by atoms with Crippen molar-refractivity contribution in [3.8, 4) is 11.8 Å². The van der Waals surface area contributed by atoms with Gasteiger partial charge in [0.25, 0.3) is 0 Å². The summed E-state index contributed by atoms with van der Waals surface area (Å²) < 4.78 is 4.95. The average molecular weight is 230 g/mol. The third-order valence-electron chi connectivity index (χ3n) is 1.09. The molecule has 0 heterocycles. The zero-order valence-electron chi connectivity index (χ0n) is 8.76. The molecule has 0 aromatic heterocycles. The molecule has 0 aliphatic rings. The molecule has 0 fully saturated rings. The fourth-order valence-electron chi connectivity index (χ4n) is 0.591. The van der Waals surface area contributed by atoms with Crippen LogP contribution in [0.5, 0.6) is 0 Å². The van der Waals surface area contributed by atoms with Gasteiger partial charge >= 0.3 is 5.97 Å². The van der Waals surface area contributed by atoms with Gasteiger partial charge in [-0.1, -0.05) is 17.5 Å². The number of hydrogen-bond acceptors (Lipinski definition) is 4. The molecule has 0 saturated carbocycles. The minimum atomic E-state index is -1.12. The van der Waals surface area contributed by atoms with Crippen molar-refractivity contribution in [1.29, 1.82) is 0 Å². The molecule has 0 rings (SSSR count). The van der Waals surface area contributed by atoms with E-state index >= 15 is 0 Å². The summed E-state index contributed by atoms with van der Waals surface area (Å²) in [6.07, 6.45) is 0. The fraction of sp³-hybridized carbons (Fsp3) is 0.500. The number of carbonyl (C=O) groups is 1. The smallest absolute Gasteiger partial charge is 0.336 e. The van der Waals surface area contributed by atoms with E-state index in [1.54, 1.807) is 20.8 Å². The van der Waals surface area contributed by atoms with Gasteiger partial charge in [0.2, 0.25) is 0 Å². The normalized spacial score (nSPS) is 11.8. The molecule has 1 atom stereocenters. The summed E-state index contributed by atoms with van der Waals surface area (Å²) in [7, 11) is 0. The van der Waals surface area contributed by atoms with Gasteiger partial charge in [0.1, 0.15) is 5.60 Å². The van der Waals surface area contributed by atoms with Gasteiger partial charge in [-0.25, -0.2) is 9.59 Å². The van der Waals surface area contributed by atoms with Crippen LogP contribution < -0.4 is 5.73 Å². The Labute approximate surface area is 93.4 Å². The van der Waals surface area contributed by atoms with Gasteiger partial charge in [-0.3, -0.25) is 0 Å². The summed E-state index contributed by atoms with van der Waals surface area (Å²) in [5, 5.41) is -0.325. The Bertz CT molecular complexity index is 353. The van der Waals surface area contributed by atoms with Crippen molar-refractivity contribution in [3.05, 3.63) is 5.03 Å². The molecule has 82 valence electrons. The third-order valence-corrected chi connectivity index (χ3v) is 1.26. The van der Waals surface area contributed by atoms with Crippen LogP contribution in [0.1, 0.15) is 20.8 Å². The first-order valence-corrected chi connectivity index (χ1v) is 4.54. The van der Waals surface area contributed by atoms with Gasteiger partial charge in [-0.2, -0.15) is 0 Å². The second-order valence-electron chi connectivity index (χ2n) is 3.70. The van der Waals surface area contributed by atoms with Crippen molar-refractivity contribution >= 4 is 23.5 Å². The lowest BCUT2D eigenvalue weighted by atomic mass is 10.2. The summed E-state index contributed by atoms with van der Waals surface area (Å²) in [5.74, 6) is 5.16. The molecule has 1 unspecified atom stereocenters. The lowest BCUT2D eigenvalue weighted by Gasteiger charge is -2.20. The Morgan fingerprint density at radius 2 is 2.00 bits per heavy atom. The van der Waals surface area contributed by atoms with Crippen LogP contribution in [-0.2, 0) is 14.3 Å². The van der Waals surface area contributed by atoms with Gasteiger partial charge in [-0.15, -0.1) is 0 Å². The van der Waals surface area contributed by atoms with Crippen molar-refractivity contribution in [1.82, 2.24) is 0 Å². The Balaban J connectivity index is 4.46. The van der Waals surface area contributed by atoms with E-state index in [1.807, 2.05) is 0 Å². The van der Waals surface area contributed by atoms with Crippen LogP contribution in [0.2, 0.25) is 0 Å². The molecule has 0 spiro atoms. The Hall–Kier alpha value is -1.27. The number of ether oxygens (including phenoxy) is 1. The van der Waals surface area contributed by atoms with E-state index in [0.717, 1.165) is 0 Å². The first-order valence-electron chi connectivity index (χ1n) is 4.17. The molecule has 0 aromatic rings. The summed E-state index contributed by atoms with van der Waals surface area (Å²) in [5.41, 5.74) is 4.75. The Kier molecular flexibility index (Phi) is 5.10. The average Bonchev–Trinajstić information content (AvgIpc) is 2.10. The highest BCUT2D eigenvalue weighted by molar-refractivity contribution is 6.35. The zero-order valence-corrected chi connectivity index (χ0v) is 9.51. The highest BCUT2D eigenvalue weighted by Crippen LogP contribution is 2.07. The molecule has 0 aliphatic heterocycles. The molecule has 0 amide bonds. The molecule has 0 radical (unpaired) electrons. The van der Waals surface area contributed by atoms with E-state index in [0.29, 0.717) is 0 Å². The SMILES string of the molecule is CC(C)(C)OC(=O)C(N)C#CC(Cl)=C=O. The first kappa shape index (κ1) is 13.7. The second kappa shape index (κ2) is 5.57. The van der Waals surface area contributed by atoms with Gasteiger partial charge in [0.05, 0.1) is 0 Å². The van der Waals surface area contributed by atoms with Crippen molar-refractivity contribution in [3.63, 3.8) is 0 Å². The van der Waals surface area contributed by atoms with Crippen molar-refractivity contribution < 1.29 is 14.3 Å². The minimum Gasteiger partial charge on any atom is -0.458 e. The Morgan fingerprint density at radius 1 is 1.47 bits per heavy atom. The van der Waals surface area contributed by atoms with Crippen LogP contribution in [0.15, 0.2) is 5.03 Å².